The van der Waals surface area contributed by atoms with Gasteiger partial charge in [0.25, 0.3) is 0 Å². The standard InChI is InChI=1S/C16H17N3O/c1-2-9-17-16(20)18-11-7-8-15-13(10-11)12-5-3-4-6-14(12)19-15/h3-8,10,19H,2,9H2,1H3,(H2,17,18,20). The van der Waals surface area contributed by atoms with Crippen molar-refractivity contribution in [2.24, 2.45) is 0 Å². The third-order valence-electron chi connectivity index (χ3n) is 3.30. The van der Waals surface area contributed by atoms with E-state index in [4.69, 9.17) is 0 Å². The predicted octanol–water partition coefficient (Wildman–Crippen LogP) is 3.85. The Morgan fingerprint density at radius 1 is 1.10 bits per heavy atom. The van der Waals surface area contributed by atoms with Crippen LogP contribution in [0.1, 0.15) is 13.3 Å². The minimum Gasteiger partial charge on any atom is -0.355 e. The van der Waals surface area contributed by atoms with Gasteiger partial charge in [0.2, 0.25) is 0 Å². The number of H-pyrrole nitrogens is 1. The summed E-state index contributed by atoms with van der Waals surface area (Å²) >= 11 is 0. The van der Waals surface area contributed by atoms with Gasteiger partial charge in [-0.3, -0.25) is 0 Å². The largest absolute Gasteiger partial charge is 0.355 e. The van der Waals surface area contributed by atoms with E-state index in [1.165, 1.54) is 5.39 Å². The Morgan fingerprint density at radius 2 is 1.90 bits per heavy atom. The van der Waals surface area contributed by atoms with Crippen LogP contribution < -0.4 is 10.6 Å². The van der Waals surface area contributed by atoms with E-state index in [0.717, 1.165) is 28.5 Å². The lowest BCUT2D eigenvalue weighted by Crippen LogP contribution is -2.29. The molecule has 2 aromatic carbocycles. The molecule has 2 amide bonds. The number of hydrogen-bond donors (Lipinski definition) is 3. The van der Waals surface area contributed by atoms with E-state index in [9.17, 15) is 4.79 Å². The maximum atomic E-state index is 11.7. The van der Waals surface area contributed by atoms with Crippen molar-refractivity contribution in [1.82, 2.24) is 10.3 Å². The number of fused-ring (bicyclic) bond motifs is 3. The summed E-state index contributed by atoms with van der Waals surface area (Å²) < 4.78 is 0. The molecule has 0 atom stereocenters. The second kappa shape index (κ2) is 5.25. The molecule has 0 fully saturated rings. The Balaban J connectivity index is 1.93. The van der Waals surface area contributed by atoms with Crippen LogP contribution >= 0.6 is 0 Å². The number of urea groups is 1. The van der Waals surface area contributed by atoms with Crippen LogP contribution in [-0.4, -0.2) is 17.6 Å². The SMILES string of the molecule is CCCNC(=O)Nc1ccc2[nH]c3ccccc3c2c1. The molecule has 0 unspecified atom stereocenters. The van der Waals surface area contributed by atoms with Crippen molar-refractivity contribution in [1.29, 1.82) is 0 Å². The Bertz CT molecular complexity index is 761. The van der Waals surface area contributed by atoms with Crippen LogP contribution in [0.15, 0.2) is 42.5 Å². The minimum atomic E-state index is -0.161. The monoisotopic (exact) mass is 267 g/mol. The first-order valence-corrected chi connectivity index (χ1v) is 6.83. The molecule has 4 heteroatoms. The molecular weight excluding hydrogens is 250 g/mol. The van der Waals surface area contributed by atoms with E-state index in [-0.39, 0.29) is 6.03 Å². The average molecular weight is 267 g/mol. The zero-order valence-corrected chi connectivity index (χ0v) is 11.4. The van der Waals surface area contributed by atoms with Crippen LogP contribution in [0.25, 0.3) is 21.8 Å². The van der Waals surface area contributed by atoms with Crippen LogP contribution in [0.5, 0.6) is 0 Å². The molecule has 3 rings (SSSR count). The number of rotatable bonds is 3. The summed E-state index contributed by atoms with van der Waals surface area (Å²) in [6, 6.07) is 13.9. The number of nitrogens with one attached hydrogen (secondary N) is 3. The maximum Gasteiger partial charge on any atom is 0.319 e. The van der Waals surface area contributed by atoms with Gasteiger partial charge in [0.05, 0.1) is 0 Å². The summed E-state index contributed by atoms with van der Waals surface area (Å²) in [6.07, 6.45) is 0.925. The molecule has 1 aromatic heterocycles. The summed E-state index contributed by atoms with van der Waals surface area (Å²) in [6.45, 7) is 2.71. The fourth-order valence-corrected chi connectivity index (χ4v) is 2.34. The molecule has 0 aliphatic heterocycles. The van der Waals surface area contributed by atoms with E-state index in [1.54, 1.807) is 0 Å². The van der Waals surface area contributed by atoms with Crippen LogP contribution in [0.4, 0.5) is 10.5 Å². The molecule has 102 valence electrons. The van der Waals surface area contributed by atoms with Crippen molar-refractivity contribution in [2.45, 2.75) is 13.3 Å². The van der Waals surface area contributed by atoms with Gasteiger partial charge >= 0.3 is 6.03 Å². The number of para-hydroxylation sites is 1. The van der Waals surface area contributed by atoms with Crippen LogP contribution in [0.2, 0.25) is 0 Å². The van der Waals surface area contributed by atoms with E-state index >= 15 is 0 Å². The summed E-state index contributed by atoms with van der Waals surface area (Å²) in [7, 11) is 0. The lowest BCUT2D eigenvalue weighted by molar-refractivity contribution is 0.252. The molecule has 1 heterocycles. The van der Waals surface area contributed by atoms with Crippen LogP contribution in [0, 0.1) is 0 Å². The Hall–Kier alpha value is -2.49. The topological polar surface area (TPSA) is 56.9 Å². The van der Waals surface area contributed by atoms with Gasteiger partial charge in [-0.1, -0.05) is 25.1 Å². The number of aromatic nitrogens is 1. The normalized spacial score (nSPS) is 10.8. The average Bonchev–Trinajstić information content (AvgIpc) is 2.83. The van der Waals surface area contributed by atoms with Crippen molar-refractivity contribution >= 4 is 33.5 Å². The number of benzene rings is 2. The van der Waals surface area contributed by atoms with Gasteiger partial charge in [-0.15, -0.1) is 0 Å². The van der Waals surface area contributed by atoms with Gasteiger partial charge < -0.3 is 15.6 Å². The van der Waals surface area contributed by atoms with E-state index in [0.29, 0.717) is 6.54 Å². The molecule has 0 spiro atoms. The Labute approximate surface area is 117 Å². The highest BCUT2D eigenvalue weighted by Crippen LogP contribution is 2.27. The lowest BCUT2D eigenvalue weighted by atomic mass is 10.1. The zero-order chi connectivity index (χ0) is 13.9. The van der Waals surface area contributed by atoms with Crippen molar-refractivity contribution in [3.63, 3.8) is 0 Å². The number of amides is 2. The van der Waals surface area contributed by atoms with Crippen molar-refractivity contribution in [3.05, 3.63) is 42.5 Å². The van der Waals surface area contributed by atoms with E-state index in [2.05, 4.69) is 27.8 Å². The fourth-order valence-electron chi connectivity index (χ4n) is 2.34. The lowest BCUT2D eigenvalue weighted by Gasteiger charge is -2.06. The quantitative estimate of drug-likeness (QED) is 0.663. The number of hydrogen-bond acceptors (Lipinski definition) is 1. The summed E-state index contributed by atoms with van der Waals surface area (Å²) in [5.41, 5.74) is 2.98. The smallest absolute Gasteiger partial charge is 0.319 e. The second-order valence-electron chi connectivity index (χ2n) is 4.81. The molecule has 3 N–H and O–H groups in total. The molecule has 0 radical (unpaired) electrons. The van der Waals surface area contributed by atoms with E-state index < -0.39 is 0 Å². The number of aromatic amines is 1. The first-order chi connectivity index (χ1) is 9.78. The van der Waals surface area contributed by atoms with Gasteiger partial charge in [-0.05, 0) is 30.7 Å². The second-order valence-corrected chi connectivity index (χ2v) is 4.81. The van der Waals surface area contributed by atoms with Crippen LogP contribution in [-0.2, 0) is 0 Å². The van der Waals surface area contributed by atoms with Crippen molar-refractivity contribution in [2.75, 3.05) is 11.9 Å². The van der Waals surface area contributed by atoms with Gasteiger partial charge in [-0.2, -0.15) is 0 Å². The highest BCUT2D eigenvalue weighted by atomic mass is 16.2. The van der Waals surface area contributed by atoms with E-state index in [1.807, 2.05) is 37.3 Å². The molecule has 0 aliphatic carbocycles. The minimum absolute atomic E-state index is 0.161. The molecule has 20 heavy (non-hydrogen) atoms. The Kier molecular flexibility index (Phi) is 3.29. The first kappa shape index (κ1) is 12.5. The number of carbonyl (C=O) groups excluding carboxylic acids is 1. The molecule has 0 bridgehead atoms. The summed E-state index contributed by atoms with van der Waals surface area (Å²) in [5.74, 6) is 0. The zero-order valence-electron chi connectivity index (χ0n) is 11.4. The third-order valence-corrected chi connectivity index (χ3v) is 3.30. The molecular formula is C16H17N3O. The van der Waals surface area contributed by atoms with Gasteiger partial charge in [0.1, 0.15) is 0 Å². The van der Waals surface area contributed by atoms with Crippen molar-refractivity contribution in [3.8, 4) is 0 Å². The number of carbonyl (C=O) groups is 1. The Morgan fingerprint density at radius 3 is 2.75 bits per heavy atom. The first-order valence-electron chi connectivity index (χ1n) is 6.83. The fraction of sp³-hybridized carbons (Fsp3) is 0.188. The van der Waals surface area contributed by atoms with Gasteiger partial charge in [0, 0.05) is 34.0 Å². The van der Waals surface area contributed by atoms with Gasteiger partial charge in [0.15, 0.2) is 0 Å². The van der Waals surface area contributed by atoms with Crippen LogP contribution in [0.3, 0.4) is 0 Å². The highest BCUT2D eigenvalue weighted by molar-refractivity contribution is 6.08. The molecule has 0 saturated heterocycles. The number of anilines is 1. The predicted molar refractivity (Wildman–Crippen MR) is 83.1 cm³/mol. The molecule has 0 saturated carbocycles. The molecule has 0 aliphatic rings. The molecule has 4 nitrogen and oxygen atoms in total. The van der Waals surface area contributed by atoms with Gasteiger partial charge in [-0.25, -0.2) is 4.79 Å². The summed E-state index contributed by atoms with van der Waals surface area (Å²) in [4.78, 5) is 15.0. The molecule has 3 aromatic rings. The maximum absolute atomic E-state index is 11.7. The van der Waals surface area contributed by atoms with Crippen molar-refractivity contribution < 1.29 is 4.79 Å². The highest BCUT2D eigenvalue weighted by Gasteiger charge is 2.06. The summed E-state index contributed by atoms with van der Waals surface area (Å²) in [5, 5.41) is 7.95. The third kappa shape index (κ3) is 2.32.